The Morgan fingerprint density at radius 3 is 1.32 bits per heavy atom. The summed E-state index contributed by atoms with van der Waals surface area (Å²) in [6.45, 7) is 0.0998. The molecular weight excluding hydrogens is 1150 g/mol. The molecular formula is C58H51F16N5O5. The van der Waals surface area contributed by atoms with Crippen LogP contribution in [0.5, 0.6) is 11.5 Å². The maximum absolute atomic E-state index is 15.0. The number of nitrogens with zero attached hydrogens (tertiary/aromatic N) is 1. The number of nitrogens with one attached hydrogen (secondary N) is 4. The van der Waals surface area contributed by atoms with Crippen molar-refractivity contribution in [1.29, 1.82) is 0 Å². The Kier molecular flexibility index (Phi) is 19.2. The highest BCUT2D eigenvalue weighted by atomic mass is 19.3. The van der Waals surface area contributed by atoms with E-state index in [0.29, 0.717) is 23.3 Å². The lowest BCUT2D eigenvalue weighted by Crippen LogP contribution is -2.58. The molecule has 0 saturated heterocycles. The second-order valence-corrected chi connectivity index (χ2v) is 20.4. The molecule has 4 N–H and O–H groups in total. The third-order valence-corrected chi connectivity index (χ3v) is 13.5. The number of aldehydes is 1. The maximum Gasteiger partial charge on any atom is 0.461 e. The molecule has 10 nitrogen and oxygen atoms in total. The Morgan fingerprint density at radius 1 is 0.560 bits per heavy atom. The summed E-state index contributed by atoms with van der Waals surface area (Å²) in [5.74, 6) is -11.9. The van der Waals surface area contributed by atoms with Gasteiger partial charge in [0.25, 0.3) is 11.8 Å². The van der Waals surface area contributed by atoms with Crippen LogP contribution in [0.3, 0.4) is 0 Å². The average Bonchev–Trinajstić information content (AvgIpc) is 1.05. The first kappa shape index (κ1) is 63.5. The van der Waals surface area contributed by atoms with Crippen molar-refractivity contribution in [1.82, 2.24) is 26.2 Å². The minimum Gasteiger partial charge on any atom is -0.428 e. The molecule has 6 aromatic carbocycles. The number of hydrogen-bond donors (Lipinski definition) is 4. The topological polar surface area (TPSA) is 121 Å². The highest BCUT2D eigenvalue weighted by Gasteiger charge is 2.50. The number of alkyl halides is 12. The van der Waals surface area contributed by atoms with Crippen molar-refractivity contribution in [2.45, 2.75) is 105 Å². The van der Waals surface area contributed by atoms with Crippen LogP contribution in [0.2, 0.25) is 0 Å². The molecule has 6 aromatic rings. The Bertz CT molecular complexity index is 3270. The summed E-state index contributed by atoms with van der Waals surface area (Å²) in [6.07, 6.45) is -21.3. The molecule has 0 heterocycles. The number of ether oxygens (including phenoxy) is 2. The van der Waals surface area contributed by atoms with E-state index < -0.39 is 138 Å². The fraction of sp³-hybridized carbons (Fsp3) is 0.328. The molecule has 4 amide bonds. The van der Waals surface area contributed by atoms with E-state index in [0.717, 1.165) is 48.5 Å². The average molecular weight is 1200 g/mol. The number of benzene rings is 6. The normalized spacial score (nSPS) is 16.4. The molecule has 2 aliphatic rings. The number of urea groups is 2. The van der Waals surface area contributed by atoms with Gasteiger partial charge < -0.3 is 35.6 Å². The Balaban J connectivity index is 0.000000241. The summed E-state index contributed by atoms with van der Waals surface area (Å²) in [6, 6.07) is 23.7. The number of carbonyl (C=O) groups is 3. The smallest absolute Gasteiger partial charge is 0.428 e. The zero-order valence-electron chi connectivity index (χ0n) is 44.1. The molecule has 2 saturated carbocycles. The molecule has 8 rings (SSSR count). The molecule has 0 aromatic heterocycles. The van der Waals surface area contributed by atoms with Crippen molar-refractivity contribution in [2.75, 3.05) is 14.1 Å². The quantitative estimate of drug-likeness (QED) is 0.0421. The molecule has 0 radical (unpaired) electrons. The van der Waals surface area contributed by atoms with Crippen molar-refractivity contribution < 1.29 is 94.1 Å². The third kappa shape index (κ3) is 15.8. The van der Waals surface area contributed by atoms with Gasteiger partial charge >= 0.3 is 37.1 Å². The van der Waals surface area contributed by atoms with E-state index in [1.165, 1.54) is 12.1 Å². The second-order valence-electron chi connectivity index (χ2n) is 20.4. The van der Waals surface area contributed by atoms with Crippen LogP contribution in [0, 0.1) is 23.3 Å². The van der Waals surface area contributed by atoms with Gasteiger partial charge in [0.05, 0.1) is 16.6 Å². The lowest BCUT2D eigenvalue weighted by Gasteiger charge is -2.40. The van der Waals surface area contributed by atoms with Gasteiger partial charge in [0.15, 0.2) is 6.29 Å². The van der Waals surface area contributed by atoms with Crippen LogP contribution in [0.4, 0.5) is 79.8 Å². The molecule has 2 atom stereocenters. The van der Waals surface area contributed by atoms with E-state index in [-0.39, 0.29) is 53.5 Å². The predicted octanol–water partition coefficient (Wildman–Crippen LogP) is 13.4. The predicted molar refractivity (Wildman–Crippen MR) is 273 cm³/mol. The number of amides is 4. The lowest BCUT2D eigenvalue weighted by atomic mass is 9.77. The van der Waals surface area contributed by atoms with Gasteiger partial charge in [-0.3, -0.25) is 4.79 Å². The van der Waals surface area contributed by atoms with Gasteiger partial charge in [-0.1, -0.05) is 72.8 Å². The first-order valence-electron chi connectivity index (χ1n) is 25.3. The SMILES string of the molecule is CN(C)Cc1cc([C@@](Cc2ccccc2)(NC(=O)NC2CC(F)(F)C2)c2cc(F)cc(OC(F)(F)C(F)F)c2)ccc1F.O=Cc1cc([C@@](Cc2ccccc2)(NC(=O)NC2CC(F)(F)C2)c2cc(F)cc(OC(F)(F)C(F)F)c2)ccc1F. The number of carbonyl (C=O) groups excluding carboxylic acids is 3. The molecule has 2 aliphatic carbocycles. The number of halogens is 16. The summed E-state index contributed by atoms with van der Waals surface area (Å²) in [7, 11) is 3.37. The summed E-state index contributed by atoms with van der Waals surface area (Å²) in [4.78, 5) is 39.7. The monoisotopic (exact) mass is 1200 g/mol. The van der Waals surface area contributed by atoms with E-state index in [4.69, 9.17) is 0 Å². The van der Waals surface area contributed by atoms with Gasteiger partial charge in [-0.2, -0.15) is 35.1 Å². The van der Waals surface area contributed by atoms with Gasteiger partial charge in [0.1, 0.15) is 34.8 Å². The fourth-order valence-corrected chi connectivity index (χ4v) is 9.62. The van der Waals surface area contributed by atoms with Gasteiger partial charge in [0.2, 0.25) is 0 Å². The Hall–Kier alpha value is -8.03. The molecule has 84 heavy (non-hydrogen) atoms. The zero-order chi connectivity index (χ0) is 61.6. The standard InChI is InChI=1S/C30H29F8N3O2.C28H22F8N2O3/c1-41(2)17-19-10-20(8-9-25(19)32)29(14-18-6-4-3-5-7-18,40-27(42)39-23-15-28(35,36)16-23)21-11-22(31)13-24(12-21)43-30(37,38)26(33)34;29-20-9-19(10-22(11-20)41-28(35,36)24(31)32)27(12-16-4-2-1-3-5-16,18-6-7-23(30)17(8-18)15-39)38-25(40)37-21-13-26(33,34)14-21/h3-13,23,26H,14-17H2,1-2H3,(H2,39,40,42);1-11,15,21,24H,12-14H2,(H2,37,38,40)/t29-;27-/m11/s1. The van der Waals surface area contributed by atoms with Crippen LogP contribution in [-0.4, -0.2) is 86.3 Å². The minimum absolute atomic E-state index is 0.0453. The van der Waals surface area contributed by atoms with Crippen molar-refractivity contribution in [3.63, 3.8) is 0 Å². The zero-order valence-corrected chi connectivity index (χ0v) is 44.1. The second kappa shape index (κ2) is 25.4. The highest BCUT2D eigenvalue weighted by Crippen LogP contribution is 2.43. The van der Waals surface area contributed by atoms with E-state index in [1.54, 1.807) is 79.7 Å². The first-order chi connectivity index (χ1) is 39.3. The van der Waals surface area contributed by atoms with Crippen LogP contribution in [0.1, 0.15) is 75.0 Å². The van der Waals surface area contributed by atoms with E-state index in [2.05, 4.69) is 30.7 Å². The van der Waals surface area contributed by atoms with Crippen molar-refractivity contribution in [3.05, 3.63) is 201 Å². The molecule has 2 fully saturated rings. The van der Waals surface area contributed by atoms with Gasteiger partial charge in [-0.15, -0.1) is 0 Å². The fourth-order valence-electron chi connectivity index (χ4n) is 9.62. The van der Waals surface area contributed by atoms with Gasteiger partial charge in [-0.05, 0) is 96.0 Å². The van der Waals surface area contributed by atoms with Crippen molar-refractivity contribution >= 4 is 18.3 Å². The lowest BCUT2D eigenvalue weighted by molar-refractivity contribution is -0.253. The van der Waals surface area contributed by atoms with Crippen LogP contribution in [-0.2, 0) is 30.5 Å². The molecule has 0 aliphatic heterocycles. The third-order valence-electron chi connectivity index (χ3n) is 13.5. The summed E-state index contributed by atoms with van der Waals surface area (Å²) in [5.41, 5.74) is -3.58. The van der Waals surface area contributed by atoms with Crippen LogP contribution >= 0.6 is 0 Å². The molecule has 0 bridgehead atoms. The first-order valence-corrected chi connectivity index (χ1v) is 25.3. The van der Waals surface area contributed by atoms with Crippen molar-refractivity contribution in [3.8, 4) is 11.5 Å². The molecule has 26 heteroatoms. The Labute approximate surface area is 469 Å². The summed E-state index contributed by atoms with van der Waals surface area (Å²) >= 11 is 0. The molecule has 0 unspecified atom stereocenters. The minimum atomic E-state index is -5.01. The van der Waals surface area contributed by atoms with E-state index >= 15 is 4.39 Å². The van der Waals surface area contributed by atoms with E-state index in [1.807, 2.05) is 0 Å². The molecule has 0 spiro atoms. The van der Waals surface area contributed by atoms with Crippen LogP contribution in [0.25, 0.3) is 0 Å². The van der Waals surface area contributed by atoms with Gasteiger partial charge in [0, 0.05) is 74.8 Å². The van der Waals surface area contributed by atoms with Crippen LogP contribution in [0.15, 0.2) is 133 Å². The largest absolute Gasteiger partial charge is 0.461 e. The van der Waals surface area contributed by atoms with Gasteiger partial charge in [-0.25, -0.2) is 44.7 Å². The molecule has 450 valence electrons. The maximum atomic E-state index is 15.0. The number of rotatable bonds is 21. The Morgan fingerprint density at radius 2 is 0.952 bits per heavy atom. The summed E-state index contributed by atoms with van der Waals surface area (Å²) in [5, 5.41) is 10.0. The highest BCUT2D eigenvalue weighted by molar-refractivity contribution is 5.79. The van der Waals surface area contributed by atoms with Crippen molar-refractivity contribution in [2.24, 2.45) is 0 Å². The van der Waals surface area contributed by atoms with E-state index in [9.17, 15) is 80.2 Å². The number of hydrogen-bond acceptors (Lipinski definition) is 6. The van der Waals surface area contributed by atoms with Crippen LogP contribution < -0.4 is 30.7 Å². The summed E-state index contributed by atoms with van der Waals surface area (Å²) < 4.78 is 228.